The molecule has 0 saturated heterocycles. The second-order valence-corrected chi connectivity index (χ2v) is 9.31. The highest BCUT2D eigenvalue weighted by molar-refractivity contribution is 7.89. The third-order valence-electron chi connectivity index (χ3n) is 4.89. The molecule has 0 saturated carbocycles. The molecule has 2 aromatic rings. The van der Waals surface area contributed by atoms with Gasteiger partial charge in [-0.25, -0.2) is 8.42 Å². The van der Waals surface area contributed by atoms with Crippen LogP contribution in [0.2, 0.25) is 0 Å². The molecule has 1 aliphatic rings. The standard InChI is InChI=1S/C21H26N4O5S/c1-25(2)11-10-22-20(27)18(12-14-6-4-3-5-7-14)24-31(29,30)15-8-9-17-16(13-15)19(26)21(28)23-17/h3-9,13,18-19,24,26H,10-12H2,1-2H3,(H,22,27)(H,23,28). The third-order valence-corrected chi connectivity index (χ3v) is 6.36. The number of nitrogens with one attached hydrogen (secondary N) is 3. The second-order valence-electron chi connectivity index (χ2n) is 7.60. The number of aliphatic hydroxyl groups excluding tert-OH is 1. The molecule has 2 aromatic carbocycles. The first-order chi connectivity index (χ1) is 14.7. The van der Waals surface area contributed by atoms with E-state index in [9.17, 15) is 23.1 Å². The summed E-state index contributed by atoms with van der Waals surface area (Å²) in [5, 5.41) is 15.2. The number of hydrogen-bond donors (Lipinski definition) is 4. The molecule has 0 aromatic heterocycles. The number of benzene rings is 2. The summed E-state index contributed by atoms with van der Waals surface area (Å²) in [5.74, 6) is -1.05. The lowest BCUT2D eigenvalue weighted by Crippen LogP contribution is -2.49. The number of carbonyl (C=O) groups excluding carboxylic acids is 2. The van der Waals surface area contributed by atoms with Crippen LogP contribution in [0.1, 0.15) is 17.2 Å². The van der Waals surface area contributed by atoms with Gasteiger partial charge in [0, 0.05) is 24.3 Å². The minimum Gasteiger partial charge on any atom is -0.378 e. The van der Waals surface area contributed by atoms with Crippen molar-refractivity contribution in [2.45, 2.75) is 23.5 Å². The Morgan fingerprint density at radius 3 is 2.58 bits per heavy atom. The molecule has 0 bridgehead atoms. The molecule has 2 amide bonds. The van der Waals surface area contributed by atoms with Crippen LogP contribution in [0.4, 0.5) is 5.69 Å². The van der Waals surface area contributed by atoms with Gasteiger partial charge in [-0.3, -0.25) is 9.59 Å². The number of amides is 2. The van der Waals surface area contributed by atoms with Gasteiger partial charge in [0.1, 0.15) is 6.04 Å². The summed E-state index contributed by atoms with van der Waals surface area (Å²) in [6.07, 6.45) is -1.26. The fourth-order valence-electron chi connectivity index (χ4n) is 3.21. The number of fused-ring (bicyclic) bond motifs is 1. The molecule has 166 valence electrons. The van der Waals surface area contributed by atoms with Gasteiger partial charge in [0.2, 0.25) is 15.9 Å². The normalized spacial score (nSPS) is 16.6. The zero-order chi connectivity index (χ0) is 22.6. The largest absolute Gasteiger partial charge is 0.378 e. The number of hydrogen-bond acceptors (Lipinski definition) is 6. The van der Waals surface area contributed by atoms with Crippen molar-refractivity contribution in [1.82, 2.24) is 14.9 Å². The van der Waals surface area contributed by atoms with Gasteiger partial charge in [0.15, 0.2) is 6.10 Å². The number of aliphatic hydroxyl groups is 1. The van der Waals surface area contributed by atoms with Gasteiger partial charge in [-0.15, -0.1) is 0 Å². The van der Waals surface area contributed by atoms with Crippen LogP contribution >= 0.6 is 0 Å². The first-order valence-corrected chi connectivity index (χ1v) is 11.3. The zero-order valence-corrected chi connectivity index (χ0v) is 18.1. The van der Waals surface area contributed by atoms with E-state index in [1.54, 1.807) is 0 Å². The Morgan fingerprint density at radius 2 is 1.90 bits per heavy atom. The van der Waals surface area contributed by atoms with Crippen molar-refractivity contribution in [1.29, 1.82) is 0 Å². The maximum Gasteiger partial charge on any atom is 0.257 e. The first-order valence-electron chi connectivity index (χ1n) is 9.79. The minimum absolute atomic E-state index is 0.138. The molecule has 3 rings (SSSR count). The summed E-state index contributed by atoms with van der Waals surface area (Å²) in [7, 11) is -0.353. The van der Waals surface area contributed by atoms with Crippen molar-refractivity contribution in [2.75, 3.05) is 32.5 Å². The number of nitrogens with zero attached hydrogens (tertiary/aromatic N) is 1. The first kappa shape index (κ1) is 22.9. The maximum atomic E-state index is 13.0. The highest BCUT2D eigenvalue weighted by atomic mass is 32.2. The molecule has 0 fully saturated rings. The molecular formula is C21H26N4O5S. The van der Waals surface area contributed by atoms with E-state index in [4.69, 9.17) is 0 Å². The molecule has 0 spiro atoms. The Bertz CT molecular complexity index is 1060. The Morgan fingerprint density at radius 1 is 1.19 bits per heavy atom. The van der Waals surface area contributed by atoms with Crippen LogP contribution in [0.3, 0.4) is 0 Å². The summed E-state index contributed by atoms with van der Waals surface area (Å²) in [4.78, 5) is 26.2. The van der Waals surface area contributed by atoms with Crippen molar-refractivity contribution in [3.8, 4) is 0 Å². The van der Waals surface area contributed by atoms with E-state index in [0.29, 0.717) is 18.8 Å². The lowest BCUT2D eigenvalue weighted by molar-refractivity contribution is -0.123. The molecule has 0 aliphatic carbocycles. The molecular weight excluding hydrogens is 420 g/mol. The SMILES string of the molecule is CN(C)CCNC(=O)C(Cc1ccccc1)NS(=O)(=O)c1ccc2c(c1)C(O)C(=O)N2. The monoisotopic (exact) mass is 446 g/mol. The Balaban J connectivity index is 1.82. The molecule has 2 atom stereocenters. The average molecular weight is 447 g/mol. The quantitative estimate of drug-likeness (QED) is 0.437. The molecule has 9 nitrogen and oxygen atoms in total. The van der Waals surface area contributed by atoms with Gasteiger partial charge >= 0.3 is 0 Å². The Kier molecular flexibility index (Phi) is 7.06. The molecule has 31 heavy (non-hydrogen) atoms. The summed E-state index contributed by atoms with van der Waals surface area (Å²) in [6.45, 7) is 0.984. The van der Waals surface area contributed by atoms with E-state index in [2.05, 4.69) is 15.4 Å². The van der Waals surface area contributed by atoms with Crippen LogP contribution in [-0.2, 0) is 26.0 Å². The van der Waals surface area contributed by atoms with E-state index >= 15 is 0 Å². The van der Waals surface area contributed by atoms with Gasteiger partial charge in [0.05, 0.1) is 4.90 Å². The van der Waals surface area contributed by atoms with Crippen LogP contribution in [0.5, 0.6) is 0 Å². The maximum absolute atomic E-state index is 13.0. The van der Waals surface area contributed by atoms with E-state index in [-0.39, 0.29) is 16.9 Å². The van der Waals surface area contributed by atoms with E-state index in [0.717, 1.165) is 5.56 Å². The Hall–Kier alpha value is -2.79. The van der Waals surface area contributed by atoms with Gasteiger partial charge in [-0.05, 0) is 44.3 Å². The molecule has 4 N–H and O–H groups in total. The predicted molar refractivity (Wildman–Crippen MR) is 116 cm³/mol. The fourth-order valence-corrected chi connectivity index (χ4v) is 4.44. The van der Waals surface area contributed by atoms with Crippen LogP contribution in [0.25, 0.3) is 0 Å². The average Bonchev–Trinajstić information content (AvgIpc) is 3.01. The highest BCUT2D eigenvalue weighted by Crippen LogP contribution is 2.32. The number of sulfonamides is 1. The topological polar surface area (TPSA) is 128 Å². The van der Waals surface area contributed by atoms with Crippen molar-refractivity contribution in [2.24, 2.45) is 0 Å². The summed E-state index contributed by atoms with van der Waals surface area (Å²) in [5.41, 5.74) is 1.35. The van der Waals surface area contributed by atoms with Crippen LogP contribution in [-0.4, -0.2) is 63.5 Å². The number of carbonyl (C=O) groups is 2. The van der Waals surface area contributed by atoms with Crippen molar-refractivity contribution in [3.05, 3.63) is 59.7 Å². The predicted octanol–water partition coefficient (Wildman–Crippen LogP) is 0.240. The lowest BCUT2D eigenvalue weighted by Gasteiger charge is -2.20. The lowest BCUT2D eigenvalue weighted by atomic mass is 10.1. The van der Waals surface area contributed by atoms with E-state index in [1.807, 2.05) is 49.3 Å². The smallest absolute Gasteiger partial charge is 0.257 e. The molecule has 1 aliphatic heterocycles. The van der Waals surface area contributed by atoms with Crippen molar-refractivity contribution < 1.29 is 23.1 Å². The van der Waals surface area contributed by atoms with Crippen LogP contribution in [0.15, 0.2) is 53.4 Å². The van der Waals surface area contributed by atoms with Gasteiger partial charge in [-0.2, -0.15) is 4.72 Å². The second kappa shape index (κ2) is 9.56. The van der Waals surface area contributed by atoms with Crippen molar-refractivity contribution >= 4 is 27.5 Å². The van der Waals surface area contributed by atoms with Gasteiger partial charge < -0.3 is 20.6 Å². The van der Waals surface area contributed by atoms with E-state index in [1.165, 1.54) is 18.2 Å². The van der Waals surface area contributed by atoms with Crippen LogP contribution < -0.4 is 15.4 Å². The van der Waals surface area contributed by atoms with Crippen LogP contribution in [0, 0.1) is 0 Å². The fraction of sp³-hybridized carbons (Fsp3) is 0.333. The molecule has 0 radical (unpaired) electrons. The molecule has 2 unspecified atom stereocenters. The zero-order valence-electron chi connectivity index (χ0n) is 17.3. The summed E-state index contributed by atoms with van der Waals surface area (Å²) >= 11 is 0. The number of rotatable bonds is 9. The van der Waals surface area contributed by atoms with Gasteiger partial charge in [0.25, 0.3) is 5.91 Å². The third kappa shape index (κ3) is 5.67. The highest BCUT2D eigenvalue weighted by Gasteiger charge is 2.31. The summed E-state index contributed by atoms with van der Waals surface area (Å²) < 4.78 is 28.5. The summed E-state index contributed by atoms with van der Waals surface area (Å²) in [6, 6.07) is 12.1. The Labute approximate surface area is 181 Å². The minimum atomic E-state index is -4.10. The molecule has 1 heterocycles. The van der Waals surface area contributed by atoms with Gasteiger partial charge in [-0.1, -0.05) is 30.3 Å². The number of likely N-dealkylation sites (N-methyl/N-ethyl adjacent to an activating group) is 1. The van der Waals surface area contributed by atoms with E-state index < -0.39 is 34.0 Å². The number of anilines is 1. The van der Waals surface area contributed by atoms with Crippen molar-refractivity contribution in [3.63, 3.8) is 0 Å². The molecule has 10 heteroatoms.